The van der Waals surface area contributed by atoms with Gasteiger partial charge in [-0.05, 0) is 44.1 Å². The summed E-state index contributed by atoms with van der Waals surface area (Å²) in [7, 11) is 0. The van der Waals surface area contributed by atoms with Crippen molar-refractivity contribution in [1.29, 1.82) is 0 Å². The molecule has 0 aliphatic heterocycles. The molecule has 0 saturated heterocycles. The largest absolute Gasteiger partial charge is 0.444 e. The van der Waals surface area contributed by atoms with Gasteiger partial charge in [0.15, 0.2) is 0 Å². The molecule has 3 aromatic rings. The molecule has 122 valence electrons. The molecule has 0 aromatic carbocycles. The number of anilines is 1. The standard InChI is InChI=1S/C17H22N4OS/c1-9(2)6-13-8-23-17-15(13)16(20-12(5)21-17)18-7-14-19-10(3)11(4)22-14/h8-9H,6-7H2,1-5H3,(H,18,20,21). The van der Waals surface area contributed by atoms with Crippen LogP contribution in [-0.2, 0) is 13.0 Å². The van der Waals surface area contributed by atoms with Gasteiger partial charge in [-0.25, -0.2) is 15.0 Å². The van der Waals surface area contributed by atoms with Crippen LogP contribution in [0.5, 0.6) is 0 Å². The molecule has 6 heteroatoms. The first kappa shape index (κ1) is 15.9. The molecule has 0 saturated carbocycles. The summed E-state index contributed by atoms with van der Waals surface area (Å²) in [6, 6.07) is 0. The number of fused-ring (bicyclic) bond motifs is 1. The molecule has 0 spiro atoms. The molecule has 0 bridgehead atoms. The molecule has 0 aliphatic rings. The van der Waals surface area contributed by atoms with Crippen LogP contribution in [0.3, 0.4) is 0 Å². The molecule has 0 unspecified atom stereocenters. The number of oxazole rings is 1. The number of hydrogen-bond donors (Lipinski definition) is 1. The van der Waals surface area contributed by atoms with Gasteiger partial charge in [0, 0.05) is 0 Å². The van der Waals surface area contributed by atoms with Crippen LogP contribution in [0.15, 0.2) is 9.80 Å². The topological polar surface area (TPSA) is 63.8 Å². The lowest BCUT2D eigenvalue weighted by Gasteiger charge is -2.09. The highest BCUT2D eigenvalue weighted by Crippen LogP contribution is 2.31. The SMILES string of the molecule is Cc1nc(NCc2nc(C)c(C)o2)c2c(CC(C)C)csc2n1. The maximum atomic E-state index is 5.64. The normalized spacial score (nSPS) is 11.6. The number of rotatable bonds is 5. The summed E-state index contributed by atoms with van der Waals surface area (Å²) in [5, 5.41) is 6.72. The van der Waals surface area contributed by atoms with E-state index in [0.717, 1.165) is 39.7 Å². The fourth-order valence-electron chi connectivity index (χ4n) is 2.60. The number of aryl methyl sites for hydroxylation is 3. The van der Waals surface area contributed by atoms with Gasteiger partial charge in [-0.3, -0.25) is 0 Å². The minimum Gasteiger partial charge on any atom is -0.444 e. The van der Waals surface area contributed by atoms with E-state index in [1.807, 2.05) is 20.8 Å². The zero-order valence-corrected chi connectivity index (χ0v) is 15.0. The number of aromatic nitrogens is 3. The van der Waals surface area contributed by atoms with Crippen molar-refractivity contribution >= 4 is 27.4 Å². The lowest BCUT2D eigenvalue weighted by atomic mass is 10.0. The van der Waals surface area contributed by atoms with E-state index < -0.39 is 0 Å². The summed E-state index contributed by atoms with van der Waals surface area (Å²) < 4.78 is 5.64. The average Bonchev–Trinajstić information content (AvgIpc) is 3.00. The van der Waals surface area contributed by atoms with Gasteiger partial charge in [-0.15, -0.1) is 11.3 Å². The van der Waals surface area contributed by atoms with Crippen molar-refractivity contribution in [1.82, 2.24) is 15.0 Å². The van der Waals surface area contributed by atoms with Crippen molar-refractivity contribution in [2.24, 2.45) is 5.92 Å². The third kappa shape index (κ3) is 3.37. The third-order valence-electron chi connectivity index (χ3n) is 3.73. The van der Waals surface area contributed by atoms with Gasteiger partial charge in [0.1, 0.15) is 22.2 Å². The van der Waals surface area contributed by atoms with Crippen LogP contribution >= 0.6 is 11.3 Å². The Balaban J connectivity index is 1.93. The summed E-state index contributed by atoms with van der Waals surface area (Å²) in [5.41, 5.74) is 2.24. The Morgan fingerprint density at radius 3 is 2.61 bits per heavy atom. The van der Waals surface area contributed by atoms with E-state index in [4.69, 9.17) is 4.42 Å². The van der Waals surface area contributed by atoms with Gasteiger partial charge in [0.05, 0.1) is 17.6 Å². The molecule has 3 heterocycles. The molecule has 0 radical (unpaired) electrons. The van der Waals surface area contributed by atoms with E-state index in [9.17, 15) is 0 Å². The molecule has 3 aromatic heterocycles. The Labute approximate surface area is 140 Å². The van der Waals surface area contributed by atoms with Crippen molar-refractivity contribution in [3.8, 4) is 0 Å². The molecule has 3 rings (SSSR count). The third-order valence-corrected chi connectivity index (χ3v) is 4.65. The first-order valence-electron chi connectivity index (χ1n) is 7.85. The van der Waals surface area contributed by atoms with Crippen LogP contribution in [0.25, 0.3) is 10.2 Å². The highest BCUT2D eigenvalue weighted by Gasteiger charge is 2.15. The maximum Gasteiger partial charge on any atom is 0.213 e. The Morgan fingerprint density at radius 1 is 1.17 bits per heavy atom. The highest BCUT2D eigenvalue weighted by molar-refractivity contribution is 7.17. The quantitative estimate of drug-likeness (QED) is 0.750. The molecular weight excluding hydrogens is 308 g/mol. The summed E-state index contributed by atoms with van der Waals surface area (Å²) in [5.74, 6) is 3.79. The molecular formula is C17H22N4OS. The Kier molecular flexibility index (Phi) is 4.35. The molecule has 0 atom stereocenters. The van der Waals surface area contributed by atoms with E-state index in [1.54, 1.807) is 11.3 Å². The second-order valence-electron chi connectivity index (χ2n) is 6.26. The van der Waals surface area contributed by atoms with E-state index in [1.165, 1.54) is 5.56 Å². The smallest absolute Gasteiger partial charge is 0.213 e. The molecule has 0 amide bonds. The first-order valence-corrected chi connectivity index (χ1v) is 8.73. The van der Waals surface area contributed by atoms with Gasteiger partial charge < -0.3 is 9.73 Å². The molecule has 1 N–H and O–H groups in total. The van der Waals surface area contributed by atoms with Crippen LogP contribution in [0.1, 0.15) is 42.6 Å². The molecule has 5 nitrogen and oxygen atoms in total. The van der Waals surface area contributed by atoms with E-state index >= 15 is 0 Å². The van der Waals surface area contributed by atoms with Crippen LogP contribution in [0.2, 0.25) is 0 Å². The van der Waals surface area contributed by atoms with Gasteiger partial charge in [-0.1, -0.05) is 13.8 Å². The molecule has 0 aliphatic carbocycles. The van der Waals surface area contributed by atoms with Gasteiger partial charge in [0.2, 0.25) is 5.89 Å². The lowest BCUT2D eigenvalue weighted by molar-refractivity contribution is 0.478. The zero-order chi connectivity index (χ0) is 16.6. The van der Waals surface area contributed by atoms with E-state index in [2.05, 4.69) is 39.5 Å². The predicted molar refractivity (Wildman–Crippen MR) is 94.0 cm³/mol. The second-order valence-corrected chi connectivity index (χ2v) is 7.12. The summed E-state index contributed by atoms with van der Waals surface area (Å²) >= 11 is 1.68. The fourth-order valence-corrected chi connectivity index (χ4v) is 3.60. The van der Waals surface area contributed by atoms with Gasteiger partial charge >= 0.3 is 0 Å². The number of thiophene rings is 1. The minimum absolute atomic E-state index is 0.525. The molecule has 0 fully saturated rings. The van der Waals surface area contributed by atoms with Crippen molar-refractivity contribution < 1.29 is 4.42 Å². The summed E-state index contributed by atoms with van der Waals surface area (Å²) in [6.07, 6.45) is 1.03. The van der Waals surface area contributed by atoms with Crippen LogP contribution in [0.4, 0.5) is 5.82 Å². The minimum atomic E-state index is 0.525. The van der Waals surface area contributed by atoms with Gasteiger partial charge in [0.25, 0.3) is 0 Å². The number of nitrogens with zero attached hydrogens (tertiary/aromatic N) is 3. The van der Waals surface area contributed by atoms with E-state index in [-0.39, 0.29) is 0 Å². The highest BCUT2D eigenvalue weighted by atomic mass is 32.1. The zero-order valence-electron chi connectivity index (χ0n) is 14.2. The number of nitrogens with one attached hydrogen (secondary N) is 1. The first-order chi connectivity index (χ1) is 10.9. The van der Waals surface area contributed by atoms with Crippen LogP contribution in [0, 0.1) is 26.7 Å². The van der Waals surface area contributed by atoms with Crippen LogP contribution < -0.4 is 5.32 Å². The summed E-state index contributed by atoms with van der Waals surface area (Å²) in [6.45, 7) is 10.8. The van der Waals surface area contributed by atoms with Crippen molar-refractivity contribution in [3.63, 3.8) is 0 Å². The maximum absolute atomic E-state index is 5.64. The van der Waals surface area contributed by atoms with Crippen molar-refractivity contribution in [3.05, 3.63) is 34.1 Å². The Hall–Kier alpha value is -1.95. The average molecular weight is 330 g/mol. The Bertz CT molecular complexity index is 815. The fraction of sp³-hybridized carbons (Fsp3) is 0.471. The lowest BCUT2D eigenvalue weighted by Crippen LogP contribution is -2.05. The monoisotopic (exact) mass is 330 g/mol. The molecule has 23 heavy (non-hydrogen) atoms. The predicted octanol–water partition coefficient (Wildman–Crippen LogP) is 4.42. The second kappa shape index (κ2) is 6.28. The van der Waals surface area contributed by atoms with E-state index in [0.29, 0.717) is 18.4 Å². The number of hydrogen-bond acceptors (Lipinski definition) is 6. The van der Waals surface area contributed by atoms with Crippen molar-refractivity contribution in [2.45, 2.75) is 47.6 Å². The van der Waals surface area contributed by atoms with Gasteiger partial charge in [-0.2, -0.15) is 0 Å². The van der Waals surface area contributed by atoms with Crippen molar-refractivity contribution in [2.75, 3.05) is 5.32 Å². The van der Waals surface area contributed by atoms with Crippen LogP contribution in [-0.4, -0.2) is 15.0 Å². The summed E-state index contributed by atoms with van der Waals surface area (Å²) in [4.78, 5) is 14.6. The Morgan fingerprint density at radius 2 is 1.96 bits per heavy atom.